The Morgan fingerprint density at radius 3 is 2.33 bits per heavy atom. The van der Waals surface area contributed by atoms with Crippen molar-refractivity contribution in [2.45, 2.75) is 19.6 Å². The van der Waals surface area contributed by atoms with Crippen LogP contribution in [-0.2, 0) is 22.3 Å². The van der Waals surface area contributed by atoms with Crippen molar-refractivity contribution in [2.24, 2.45) is 0 Å². The molecular weight excluding hydrogens is 437 g/mol. The summed E-state index contributed by atoms with van der Waals surface area (Å²) in [5, 5.41) is 6.42. The Balaban J connectivity index is 1.71. The van der Waals surface area contributed by atoms with Gasteiger partial charge in [0, 0.05) is 18.2 Å². The van der Waals surface area contributed by atoms with E-state index in [1.54, 1.807) is 25.1 Å². The number of nitrogens with one attached hydrogen (secondary N) is 1. The first kappa shape index (κ1) is 23.7. The van der Waals surface area contributed by atoms with E-state index in [-0.39, 0.29) is 6.54 Å². The summed E-state index contributed by atoms with van der Waals surface area (Å²) >= 11 is 0. The van der Waals surface area contributed by atoms with Crippen LogP contribution in [0.15, 0.2) is 71.5 Å². The molecule has 1 N–H and O–H groups in total. The van der Waals surface area contributed by atoms with Crippen LogP contribution in [0.2, 0.25) is 0 Å². The van der Waals surface area contributed by atoms with Crippen molar-refractivity contribution in [3.8, 4) is 11.3 Å². The molecule has 1 aromatic heterocycles. The summed E-state index contributed by atoms with van der Waals surface area (Å²) in [5.74, 6) is -1.36. The van der Waals surface area contributed by atoms with Crippen LogP contribution >= 0.6 is 0 Å². The zero-order valence-electron chi connectivity index (χ0n) is 17.7. The zero-order valence-corrected chi connectivity index (χ0v) is 17.7. The molecule has 0 aliphatic carbocycles. The molecule has 2 amide bonds. The maximum Gasteiger partial charge on any atom is 0.418 e. The monoisotopic (exact) mass is 458 g/mol. The lowest BCUT2D eigenvalue weighted by Crippen LogP contribution is -2.41. The third kappa shape index (κ3) is 6.06. The number of benzene rings is 2. The summed E-state index contributed by atoms with van der Waals surface area (Å²) in [4.78, 5) is 38.4. The Kier molecular flexibility index (Phi) is 7.27. The molecule has 0 unspecified atom stereocenters. The minimum absolute atomic E-state index is 0.111. The summed E-state index contributed by atoms with van der Waals surface area (Å²) in [7, 11) is 0. The maximum absolute atomic E-state index is 13.1. The summed E-state index contributed by atoms with van der Waals surface area (Å²) in [6.07, 6.45) is -4.64. The first-order valence-corrected chi connectivity index (χ1v) is 10.1. The average molecular weight is 458 g/mol. The van der Waals surface area contributed by atoms with Gasteiger partial charge in [-0.1, -0.05) is 42.5 Å². The number of nitrogens with zero attached hydrogens (tertiary/aromatic N) is 3. The number of hydrogen-bond donors (Lipinski definition) is 1. The number of aromatic nitrogens is 2. The molecule has 0 spiro atoms. The molecule has 0 radical (unpaired) electrons. The molecule has 0 saturated heterocycles. The number of rotatable bonds is 7. The van der Waals surface area contributed by atoms with Crippen molar-refractivity contribution in [1.82, 2.24) is 14.7 Å². The predicted molar refractivity (Wildman–Crippen MR) is 116 cm³/mol. The van der Waals surface area contributed by atoms with Gasteiger partial charge in [0.25, 0.3) is 5.56 Å². The van der Waals surface area contributed by atoms with E-state index in [1.165, 1.54) is 18.2 Å². The van der Waals surface area contributed by atoms with Gasteiger partial charge in [-0.05, 0) is 25.1 Å². The maximum atomic E-state index is 13.1. The van der Waals surface area contributed by atoms with Crippen molar-refractivity contribution in [3.63, 3.8) is 0 Å². The van der Waals surface area contributed by atoms with E-state index in [0.29, 0.717) is 5.69 Å². The van der Waals surface area contributed by atoms with Gasteiger partial charge in [0.2, 0.25) is 11.8 Å². The second-order valence-corrected chi connectivity index (χ2v) is 7.08. The smallest absolute Gasteiger partial charge is 0.332 e. The van der Waals surface area contributed by atoms with Crippen molar-refractivity contribution < 1.29 is 22.8 Å². The van der Waals surface area contributed by atoms with Gasteiger partial charge in [-0.2, -0.15) is 18.3 Å². The quantitative estimate of drug-likeness (QED) is 0.588. The normalized spacial score (nSPS) is 11.2. The molecule has 0 fully saturated rings. The molecule has 33 heavy (non-hydrogen) atoms. The highest BCUT2D eigenvalue weighted by atomic mass is 19.4. The van der Waals surface area contributed by atoms with Gasteiger partial charge in [-0.15, -0.1) is 0 Å². The molecule has 2 aromatic carbocycles. The fraction of sp³-hybridized carbons (Fsp3) is 0.217. The molecule has 7 nitrogen and oxygen atoms in total. The molecule has 0 atom stereocenters. The van der Waals surface area contributed by atoms with Gasteiger partial charge >= 0.3 is 6.18 Å². The van der Waals surface area contributed by atoms with Crippen molar-refractivity contribution in [1.29, 1.82) is 0 Å². The summed E-state index contributed by atoms with van der Waals surface area (Å²) in [6.45, 7) is 0.833. The average Bonchev–Trinajstić information content (AvgIpc) is 2.79. The van der Waals surface area contributed by atoms with Crippen LogP contribution in [0.5, 0.6) is 0 Å². The Morgan fingerprint density at radius 2 is 1.67 bits per heavy atom. The molecule has 0 aliphatic rings. The van der Waals surface area contributed by atoms with Gasteiger partial charge in [0.15, 0.2) is 0 Å². The predicted octanol–water partition coefficient (Wildman–Crippen LogP) is 3.42. The van der Waals surface area contributed by atoms with E-state index >= 15 is 0 Å². The molecule has 3 rings (SSSR count). The number of carbonyl (C=O) groups excluding carboxylic acids is 2. The van der Waals surface area contributed by atoms with Crippen LogP contribution < -0.4 is 10.9 Å². The number of carbonyl (C=O) groups is 2. The lowest BCUT2D eigenvalue weighted by molar-refractivity contribution is -0.137. The molecular formula is C23H21F3N4O3. The van der Waals surface area contributed by atoms with Gasteiger partial charge in [-0.25, -0.2) is 4.68 Å². The summed E-state index contributed by atoms with van der Waals surface area (Å²) < 4.78 is 40.4. The third-order valence-corrected chi connectivity index (χ3v) is 4.80. The highest BCUT2D eigenvalue weighted by molar-refractivity contribution is 5.95. The molecule has 0 saturated carbocycles. The minimum Gasteiger partial charge on any atom is -0.332 e. The van der Waals surface area contributed by atoms with Gasteiger partial charge < -0.3 is 10.2 Å². The molecule has 172 valence electrons. The number of para-hydroxylation sites is 1. The van der Waals surface area contributed by atoms with E-state index in [1.807, 2.05) is 18.2 Å². The first-order valence-electron chi connectivity index (χ1n) is 10.1. The van der Waals surface area contributed by atoms with E-state index < -0.39 is 47.9 Å². The Labute approximate surface area is 187 Å². The highest BCUT2D eigenvalue weighted by Crippen LogP contribution is 2.34. The van der Waals surface area contributed by atoms with E-state index in [4.69, 9.17) is 0 Å². The van der Waals surface area contributed by atoms with Crippen LogP contribution in [0.25, 0.3) is 11.3 Å². The Bertz CT molecular complexity index is 1190. The largest absolute Gasteiger partial charge is 0.418 e. The van der Waals surface area contributed by atoms with Gasteiger partial charge in [0.1, 0.15) is 6.54 Å². The summed E-state index contributed by atoms with van der Waals surface area (Å²) in [5.41, 5.74) is -0.628. The van der Waals surface area contributed by atoms with E-state index in [9.17, 15) is 27.6 Å². The second-order valence-electron chi connectivity index (χ2n) is 7.08. The van der Waals surface area contributed by atoms with E-state index in [0.717, 1.165) is 27.3 Å². The summed E-state index contributed by atoms with van der Waals surface area (Å²) in [6, 6.07) is 16.5. The molecule has 1 heterocycles. The van der Waals surface area contributed by atoms with Crippen LogP contribution in [0, 0.1) is 0 Å². The van der Waals surface area contributed by atoms with Crippen LogP contribution in [-0.4, -0.2) is 39.6 Å². The molecule has 0 aliphatic heterocycles. The number of anilines is 1. The minimum atomic E-state index is -4.64. The zero-order chi connectivity index (χ0) is 24.0. The van der Waals surface area contributed by atoms with Crippen LogP contribution in [0.4, 0.5) is 18.9 Å². The Hall–Kier alpha value is -3.95. The number of halogens is 3. The number of hydrogen-bond acceptors (Lipinski definition) is 4. The Morgan fingerprint density at radius 1 is 1.00 bits per heavy atom. The van der Waals surface area contributed by atoms with Crippen molar-refractivity contribution in [3.05, 3.63) is 82.6 Å². The topological polar surface area (TPSA) is 84.3 Å². The lowest BCUT2D eigenvalue weighted by Gasteiger charge is -2.21. The van der Waals surface area contributed by atoms with Gasteiger partial charge in [0.05, 0.1) is 23.5 Å². The van der Waals surface area contributed by atoms with Gasteiger partial charge in [-0.3, -0.25) is 14.4 Å². The number of amides is 2. The molecule has 10 heteroatoms. The second kappa shape index (κ2) is 10.1. The first-order chi connectivity index (χ1) is 15.7. The fourth-order valence-electron chi connectivity index (χ4n) is 3.13. The highest BCUT2D eigenvalue weighted by Gasteiger charge is 2.33. The number of likely N-dealkylation sites (N-methyl/N-ethyl adjacent to an activating group) is 1. The number of alkyl halides is 3. The third-order valence-electron chi connectivity index (χ3n) is 4.80. The SMILES string of the molecule is CCN(CC(=O)Nc1ccccc1C(F)(F)F)C(=O)Cn1nc(-c2ccccc2)ccc1=O. The lowest BCUT2D eigenvalue weighted by atomic mass is 10.1. The fourth-order valence-corrected chi connectivity index (χ4v) is 3.13. The van der Waals surface area contributed by atoms with Crippen LogP contribution in [0.3, 0.4) is 0 Å². The van der Waals surface area contributed by atoms with E-state index in [2.05, 4.69) is 10.4 Å². The van der Waals surface area contributed by atoms with Crippen molar-refractivity contribution in [2.75, 3.05) is 18.4 Å². The standard InChI is InChI=1S/C23H21F3N4O3/c1-2-29(14-20(31)27-19-11-7-6-10-17(19)23(24,25)26)22(33)15-30-21(32)13-12-18(28-30)16-8-4-3-5-9-16/h3-13H,2,14-15H2,1H3,(H,27,31). The molecule has 0 bridgehead atoms. The van der Waals surface area contributed by atoms with Crippen molar-refractivity contribution >= 4 is 17.5 Å². The molecule has 3 aromatic rings. The van der Waals surface area contributed by atoms with Crippen LogP contribution in [0.1, 0.15) is 12.5 Å².